The van der Waals surface area contributed by atoms with E-state index in [-0.39, 0.29) is 23.2 Å². The minimum atomic E-state index is -0.759. The maximum atomic E-state index is 13.8. The van der Waals surface area contributed by atoms with Gasteiger partial charge in [0.05, 0.1) is 16.6 Å². The van der Waals surface area contributed by atoms with Crippen molar-refractivity contribution in [2.75, 3.05) is 10.2 Å². The number of carbonyl (C=O) groups is 3. The predicted octanol–water partition coefficient (Wildman–Crippen LogP) is 5.65. The average molecular weight is 597 g/mol. The normalized spacial score (nSPS) is 20.1. The minimum Gasteiger partial charge on any atom is -0.325 e. The number of benzene rings is 3. The van der Waals surface area contributed by atoms with E-state index in [1.54, 1.807) is 48.5 Å². The quantitative estimate of drug-likeness (QED) is 0.301. The van der Waals surface area contributed by atoms with Crippen LogP contribution >= 0.6 is 46.3 Å². The van der Waals surface area contributed by atoms with Gasteiger partial charge in [0, 0.05) is 26.5 Å². The van der Waals surface area contributed by atoms with Crippen LogP contribution in [0.2, 0.25) is 10.0 Å². The smallest absolute Gasteiger partial charge is 0.308 e. The van der Waals surface area contributed by atoms with Gasteiger partial charge in [0.2, 0.25) is 17.7 Å². The number of fused-ring (bicyclic) bond motifs is 2. The zero-order valence-electron chi connectivity index (χ0n) is 20.0. The lowest BCUT2D eigenvalue weighted by atomic mass is 9.83. The maximum absolute atomic E-state index is 13.8. The Balaban J connectivity index is 1.39. The van der Waals surface area contributed by atoms with Crippen molar-refractivity contribution < 1.29 is 14.4 Å². The average Bonchev–Trinajstić information content (AvgIpc) is 3.37. The third-order valence-corrected chi connectivity index (χ3v) is 9.83. The highest BCUT2D eigenvalue weighted by atomic mass is 35.5. The second kappa shape index (κ2) is 10.3. The number of anilines is 2. The zero-order chi connectivity index (χ0) is 27.3. The van der Waals surface area contributed by atoms with Crippen LogP contribution in [0, 0.1) is 5.92 Å². The largest absolute Gasteiger partial charge is 0.325 e. The van der Waals surface area contributed by atoms with Crippen molar-refractivity contribution in [3.05, 3.63) is 109 Å². The molecule has 196 valence electrons. The first kappa shape index (κ1) is 25.9. The molecule has 6 rings (SSSR count). The number of nitrogens with one attached hydrogen (secondary N) is 1. The van der Waals surface area contributed by atoms with E-state index in [2.05, 4.69) is 5.32 Å². The molecule has 39 heavy (non-hydrogen) atoms. The highest BCUT2D eigenvalue weighted by Crippen LogP contribution is 2.53. The molecule has 11 heteroatoms. The second-order valence-electron chi connectivity index (χ2n) is 9.12. The number of imide groups is 1. The Morgan fingerprint density at radius 3 is 2.15 bits per heavy atom. The van der Waals surface area contributed by atoms with Gasteiger partial charge in [-0.05, 0) is 54.1 Å². The highest BCUT2D eigenvalue weighted by Gasteiger charge is 2.56. The Morgan fingerprint density at radius 2 is 1.49 bits per heavy atom. The SMILES string of the molecule is O=C(Cn1c2c(sc1=O)[C@@H](c1ccccc1)C1C(=O)N(c3ccc(Cl)cc3)C(=O)C1S2)Nc1ccc(Cl)cc1. The van der Waals surface area contributed by atoms with Crippen LogP contribution in [0.4, 0.5) is 11.4 Å². The van der Waals surface area contributed by atoms with Crippen LogP contribution in [0.15, 0.2) is 88.7 Å². The molecule has 1 saturated heterocycles. The number of nitrogens with zero attached hydrogens (tertiary/aromatic N) is 2. The molecule has 0 saturated carbocycles. The van der Waals surface area contributed by atoms with Gasteiger partial charge in [-0.3, -0.25) is 23.7 Å². The number of halogens is 2. The van der Waals surface area contributed by atoms with Gasteiger partial charge in [-0.25, -0.2) is 4.90 Å². The number of carbonyl (C=O) groups excluding carboxylic acids is 3. The van der Waals surface area contributed by atoms with Crippen molar-refractivity contribution in [3.63, 3.8) is 0 Å². The molecule has 0 spiro atoms. The van der Waals surface area contributed by atoms with Crippen molar-refractivity contribution in [1.29, 1.82) is 0 Å². The van der Waals surface area contributed by atoms with Crippen LogP contribution < -0.4 is 15.1 Å². The van der Waals surface area contributed by atoms with Gasteiger partial charge in [0.1, 0.15) is 11.8 Å². The van der Waals surface area contributed by atoms with E-state index in [9.17, 15) is 19.2 Å². The topological polar surface area (TPSA) is 88.5 Å². The lowest BCUT2D eigenvalue weighted by Crippen LogP contribution is -2.33. The van der Waals surface area contributed by atoms with Crippen molar-refractivity contribution in [3.8, 4) is 0 Å². The second-order valence-corrected chi connectivity index (χ2v) is 12.1. The first-order valence-electron chi connectivity index (χ1n) is 12.0. The van der Waals surface area contributed by atoms with Gasteiger partial charge in [0.15, 0.2) is 0 Å². The molecular weight excluding hydrogens is 577 g/mol. The Morgan fingerprint density at radius 1 is 0.846 bits per heavy atom. The molecule has 1 N–H and O–H groups in total. The summed E-state index contributed by atoms with van der Waals surface area (Å²) in [6.45, 7) is -0.234. The van der Waals surface area contributed by atoms with Gasteiger partial charge in [-0.2, -0.15) is 0 Å². The summed E-state index contributed by atoms with van der Waals surface area (Å²) in [6, 6.07) is 22.6. The van der Waals surface area contributed by atoms with E-state index in [4.69, 9.17) is 23.2 Å². The van der Waals surface area contributed by atoms with Gasteiger partial charge in [-0.1, -0.05) is 76.6 Å². The molecule has 2 aliphatic heterocycles. The van der Waals surface area contributed by atoms with Crippen molar-refractivity contribution in [2.45, 2.75) is 22.7 Å². The fraction of sp³-hybridized carbons (Fsp3) is 0.143. The molecule has 3 amide bonds. The Hall–Kier alpha value is -3.37. The number of thiazole rings is 1. The molecule has 0 radical (unpaired) electrons. The van der Waals surface area contributed by atoms with Crippen LogP contribution in [0.25, 0.3) is 0 Å². The Labute approximate surface area is 241 Å². The van der Waals surface area contributed by atoms with Crippen LogP contribution in [0.5, 0.6) is 0 Å². The van der Waals surface area contributed by atoms with Crippen LogP contribution in [0.1, 0.15) is 16.4 Å². The summed E-state index contributed by atoms with van der Waals surface area (Å²) in [5.74, 6) is -2.30. The number of amides is 3. The van der Waals surface area contributed by atoms with Crippen LogP contribution in [0.3, 0.4) is 0 Å². The van der Waals surface area contributed by atoms with E-state index < -0.39 is 23.0 Å². The van der Waals surface area contributed by atoms with E-state index >= 15 is 0 Å². The molecule has 0 aliphatic carbocycles. The van der Waals surface area contributed by atoms with Crippen molar-refractivity contribution in [1.82, 2.24) is 4.57 Å². The molecule has 3 aromatic carbocycles. The first-order chi connectivity index (χ1) is 18.8. The number of thioether (sulfide) groups is 1. The summed E-state index contributed by atoms with van der Waals surface area (Å²) in [4.78, 5) is 55.2. The Kier molecular flexibility index (Phi) is 6.84. The summed E-state index contributed by atoms with van der Waals surface area (Å²) < 4.78 is 1.39. The van der Waals surface area contributed by atoms with E-state index in [0.29, 0.717) is 31.3 Å². The molecule has 3 atom stereocenters. The fourth-order valence-corrected chi connectivity index (χ4v) is 8.02. The Bertz CT molecular complexity index is 1650. The van der Waals surface area contributed by atoms with Gasteiger partial charge >= 0.3 is 4.87 Å². The van der Waals surface area contributed by atoms with Gasteiger partial charge in [-0.15, -0.1) is 0 Å². The van der Waals surface area contributed by atoms with Crippen molar-refractivity contribution in [2.24, 2.45) is 5.92 Å². The molecule has 4 aromatic rings. The number of hydrogen-bond donors (Lipinski definition) is 1. The van der Waals surface area contributed by atoms with Gasteiger partial charge in [0.25, 0.3) is 0 Å². The monoisotopic (exact) mass is 595 g/mol. The summed E-state index contributed by atoms with van der Waals surface area (Å²) in [5, 5.41) is 3.59. The van der Waals surface area contributed by atoms with Crippen LogP contribution in [-0.4, -0.2) is 27.5 Å². The molecule has 2 unspecified atom stereocenters. The third-order valence-electron chi connectivity index (χ3n) is 6.72. The summed E-state index contributed by atoms with van der Waals surface area (Å²) in [7, 11) is 0. The molecular formula is C28H19Cl2N3O4S2. The number of hydrogen-bond acceptors (Lipinski definition) is 6. The van der Waals surface area contributed by atoms with Gasteiger partial charge < -0.3 is 5.32 Å². The van der Waals surface area contributed by atoms with Crippen molar-refractivity contribution >= 4 is 75.4 Å². The van der Waals surface area contributed by atoms with E-state index in [1.807, 2.05) is 30.3 Å². The zero-order valence-corrected chi connectivity index (χ0v) is 23.2. The first-order valence-corrected chi connectivity index (χ1v) is 14.4. The lowest BCUT2D eigenvalue weighted by molar-refractivity contribution is -0.122. The summed E-state index contributed by atoms with van der Waals surface area (Å²) in [5.41, 5.74) is 1.82. The summed E-state index contributed by atoms with van der Waals surface area (Å²) >= 11 is 14.1. The molecule has 1 fully saturated rings. The van der Waals surface area contributed by atoms with Crippen LogP contribution in [-0.2, 0) is 20.9 Å². The lowest BCUT2D eigenvalue weighted by Gasteiger charge is -2.30. The number of aromatic nitrogens is 1. The number of rotatable bonds is 5. The standard InChI is InChI=1S/C28H19Cl2N3O4S2/c29-16-6-10-18(11-7-16)31-20(34)14-32-27-24(39-28(32)37)21(15-4-2-1-3-5-15)22-23(38-27)26(36)33(25(22)35)19-12-8-17(30)9-13-19/h1-13,21-23H,14H2,(H,31,34)/t21-,22?,23?/m0/s1. The van der Waals surface area contributed by atoms with E-state index in [1.165, 1.54) is 21.2 Å². The highest BCUT2D eigenvalue weighted by molar-refractivity contribution is 8.00. The minimum absolute atomic E-state index is 0.234. The summed E-state index contributed by atoms with van der Waals surface area (Å²) in [6.07, 6.45) is 0. The molecule has 2 aliphatic rings. The maximum Gasteiger partial charge on any atom is 0.308 e. The molecule has 7 nitrogen and oxygen atoms in total. The molecule has 1 aromatic heterocycles. The fourth-order valence-electron chi connectivity index (χ4n) is 5.00. The molecule has 3 heterocycles. The molecule has 0 bridgehead atoms. The van der Waals surface area contributed by atoms with E-state index in [0.717, 1.165) is 16.9 Å². The third kappa shape index (κ3) is 4.69. The predicted molar refractivity (Wildman–Crippen MR) is 154 cm³/mol.